The Morgan fingerprint density at radius 2 is 1.84 bits per heavy atom. The van der Waals surface area contributed by atoms with E-state index in [1.807, 2.05) is 12.1 Å². The number of nitrogens with zero attached hydrogens (tertiary/aromatic N) is 4. The van der Waals surface area contributed by atoms with Crippen LogP contribution in [0.25, 0.3) is 11.4 Å². The zero-order valence-electron chi connectivity index (χ0n) is 16.7. The summed E-state index contributed by atoms with van der Waals surface area (Å²) in [5.41, 5.74) is 3.16. The number of amides is 2. The predicted octanol–water partition coefficient (Wildman–Crippen LogP) is 3.54. The summed E-state index contributed by atoms with van der Waals surface area (Å²) in [6.07, 6.45) is 0.0727. The van der Waals surface area contributed by atoms with Crippen molar-refractivity contribution in [3.63, 3.8) is 0 Å². The molecule has 9 nitrogen and oxygen atoms in total. The van der Waals surface area contributed by atoms with Gasteiger partial charge in [-0.15, -0.1) is 0 Å². The molecule has 0 bridgehead atoms. The molecule has 0 aliphatic carbocycles. The topological polar surface area (TPSA) is 110 Å². The number of anilines is 1. The van der Waals surface area contributed by atoms with E-state index in [0.717, 1.165) is 5.56 Å². The second kappa shape index (κ2) is 7.86. The molecule has 0 saturated heterocycles. The van der Waals surface area contributed by atoms with E-state index in [2.05, 4.69) is 17.0 Å². The van der Waals surface area contributed by atoms with Gasteiger partial charge in [-0.3, -0.25) is 19.7 Å². The molecule has 2 aromatic carbocycles. The van der Waals surface area contributed by atoms with Crippen LogP contribution in [0.5, 0.6) is 0 Å². The number of aryl methyl sites for hydroxylation is 1. The molecule has 0 fully saturated rings. The Kier molecular flexibility index (Phi) is 5.08. The van der Waals surface area contributed by atoms with E-state index in [-0.39, 0.29) is 30.5 Å². The molecule has 0 saturated carbocycles. The van der Waals surface area contributed by atoms with Gasteiger partial charge in [0.25, 0.3) is 11.6 Å². The van der Waals surface area contributed by atoms with Gasteiger partial charge in [-0.25, -0.2) is 4.68 Å². The lowest BCUT2D eigenvalue weighted by molar-refractivity contribution is -0.384. The fraction of sp³-hybridized carbons (Fsp3) is 0.136. The number of non-ortho nitro benzene ring substituents is 1. The van der Waals surface area contributed by atoms with Gasteiger partial charge in [0.15, 0.2) is 0 Å². The van der Waals surface area contributed by atoms with Crippen molar-refractivity contribution >= 4 is 29.0 Å². The van der Waals surface area contributed by atoms with Crippen molar-refractivity contribution in [1.29, 1.82) is 0 Å². The SMILES string of the molecule is C=C1c2ccccc2C(=O)N1CCC(=O)Nc1cc(C)nn1-c1ccc([N+](=O)[O-])cc1. The summed E-state index contributed by atoms with van der Waals surface area (Å²) >= 11 is 0. The van der Waals surface area contributed by atoms with Crippen molar-refractivity contribution in [2.45, 2.75) is 13.3 Å². The third kappa shape index (κ3) is 3.80. The van der Waals surface area contributed by atoms with Gasteiger partial charge >= 0.3 is 0 Å². The number of nitro benzene ring substituents is 1. The first kappa shape index (κ1) is 20.0. The molecule has 1 aliphatic rings. The molecule has 0 spiro atoms. The van der Waals surface area contributed by atoms with E-state index in [9.17, 15) is 19.7 Å². The van der Waals surface area contributed by atoms with E-state index in [0.29, 0.717) is 28.5 Å². The van der Waals surface area contributed by atoms with Gasteiger partial charge in [0.05, 0.1) is 16.3 Å². The summed E-state index contributed by atoms with van der Waals surface area (Å²) in [4.78, 5) is 37.0. The fourth-order valence-corrected chi connectivity index (χ4v) is 3.49. The first-order valence-electron chi connectivity index (χ1n) is 9.56. The molecule has 3 aromatic rings. The van der Waals surface area contributed by atoms with E-state index in [4.69, 9.17) is 0 Å². The van der Waals surface area contributed by atoms with Crippen LogP contribution in [-0.4, -0.2) is 38.0 Å². The van der Waals surface area contributed by atoms with Crippen LogP contribution < -0.4 is 5.32 Å². The van der Waals surface area contributed by atoms with Crippen molar-refractivity contribution in [3.8, 4) is 5.69 Å². The monoisotopic (exact) mass is 417 g/mol. The minimum atomic E-state index is -0.480. The predicted molar refractivity (Wildman–Crippen MR) is 115 cm³/mol. The highest BCUT2D eigenvalue weighted by atomic mass is 16.6. The van der Waals surface area contributed by atoms with Gasteiger partial charge in [0.1, 0.15) is 5.82 Å². The number of nitro groups is 1. The van der Waals surface area contributed by atoms with Gasteiger partial charge in [-0.05, 0) is 25.1 Å². The Morgan fingerprint density at radius 3 is 2.48 bits per heavy atom. The summed E-state index contributed by atoms with van der Waals surface area (Å²) in [5, 5.41) is 18.0. The fourth-order valence-electron chi connectivity index (χ4n) is 3.49. The van der Waals surface area contributed by atoms with Gasteiger partial charge in [-0.2, -0.15) is 5.10 Å². The number of benzene rings is 2. The number of hydrogen-bond acceptors (Lipinski definition) is 5. The summed E-state index contributed by atoms with van der Waals surface area (Å²) in [7, 11) is 0. The molecule has 0 atom stereocenters. The molecule has 1 N–H and O–H groups in total. The average molecular weight is 417 g/mol. The highest BCUT2D eigenvalue weighted by Gasteiger charge is 2.30. The first-order valence-corrected chi connectivity index (χ1v) is 9.56. The molecular formula is C22H19N5O4. The van der Waals surface area contributed by atoms with Crippen LogP contribution in [0.15, 0.2) is 61.2 Å². The van der Waals surface area contributed by atoms with Crippen molar-refractivity contribution in [3.05, 3.63) is 88.1 Å². The average Bonchev–Trinajstić information content (AvgIpc) is 3.24. The maximum atomic E-state index is 12.6. The molecule has 2 heterocycles. The van der Waals surface area contributed by atoms with E-state index in [1.54, 1.807) is 37.3 Å². The number of hydrogen-bond donors (Lipinski definition) is 1. The van der Waals surface area contributed by atoms with Crippen LogP contribution in [0.4, 0.5) is 11.5 Å². The lowest BCUT2D eigenvalue weighted by Gasteiger charge is -2.17. The van der Waals surface area contributed by atoms with E-state index in [1.165, 1.54) is 21.7 Å². The maximum Gasteiger partial charge on any atom is 0.269 e. The molecule has 4 rings (SSSR count). The molecular weight excluding hydrogens is 398 g/mol. The summed E-state index contributed by atoms with van der Waals surface area (Å²) in [6, 6.07) is 14.8. The number of carbonyl (C=O) groups is 2. The lowest BCUT2D eigenvalue weighted by atomic mass is 10.1. The number of aromatic nitrogens is 2. The quantitative estimate of drug-likeness (QED) is 0.487. The highest BCUT2D eigenvalue weighted by molar-refractivity contribution is 6.09. The highest BCUT2D eigenvalue weighted by Crippen LogP contribution is 2.31. The molecule has 156 valence electrons. The summed E-state index contributed by atoms with van der Waals surface area (Å²) < 4.78 is 1.51. The smallest absolute Gasteiger partial charge is 0.269 e. The van der Waals surface area contributed by atoms with Gasteiger partial charge in [0.2, 0.25) is 5.91 Å². The van der Waals surface area contributed by atoms with Crippen molar-refractivity contribution in [2.75, 3.05) is 11.9 Å². The molecule has 9 heteroatoms. The normalized spacial score (nSPS) is 12.7. The molecule has 0 unspecified atom stereocenters. The third-order valence-corrected chi connectivity index (χ3v) is 5.01. The number of carbonyl (C=O) groups excluding carboxylic acids is 2. The maximum absolute atomic E-state index is 12.6. The minimum absolute atomic E-state index is 0.0327. The molecule has 0 radical (unpaired) electrons. The number of nitrogens with one attached hydrogen (secondary N) is 1. The van der Waals surface area contributed by atoms with Crippen LogP contribution in [0.2, 0.25) is 0 Å². The van der Waals surface area contributed by atoms with Crippen molar-refractivity contribution < 1.29 is 14.5 Å². The zero-order valence-corrected chi connectivity index (χ0v) is 16.7. The van der Waals surface area contributed by atoms with E-state index < -0.39 is 4.92 Å². The molecule has 1 aliphatic heterocycles. The van der Waals surface area contributed by atoms with Crippen LogP contribution >= 0.6 is 0 Å². The third-order valence-electron chi connectivity index (χ3n) is 5.01. The summed E-state index contributed by atoms with van der Waals surface area (Å²) in [5.74, 6) is -0.0222. The Labute approximate surface area is 177 Å². The second-order valence-electron chi connectivity index (χ2n) is 7.10. The van der Waals surface area contributed by atoms with Crippen LogP contribution in [0.3, 0.4) is 0 Å². The Morgan fingerprint density at radius 1 is 1.16 bits per heavy atom. The van der Waals surface area contributed by atoms with Gasteiger partial charge < -0.3 is 10.2 Å². The van der Waals surface area contributed by atoms with Crippen LogP contribution in [0.1, 0.15) is 28.0 Å². The largest absolute Gasteiger partial charge is 0.311 e. The van der Waals surface area contributed by atoms with Crippen LogP contribution in [-0.2, 0) is 4.79 Å². The Bertz CT molecular complexity index is 1180. The van der Waals surface area contributed by atoms with E-state index >= 15 is 0 Å². The second-order valence-corrected chi connectivity index (χ2v) is 7.10. The zero-order chi connectivity index (χ0) is 22.1. The molecule has 31 heavy (non-hydrogen) atoms. The number of rotatable bonds is 6. The molecule has 2 amide bonds. The Hall–Kier alpha value is -4.27. The standard InChI is InChI=1S/C22H19N5O4/c1-14-13-20(26(24-14)16-7-9-17(10-8-16)27(30)31)23-21(28)11-12-25-15(2)18-5-3-4-6-19(18)22(25)29/h3-10,13H,2,11-12H2,1H3,(H,23,28). The molecule has 1 aromatic heterocycles. The lowest BCUT2D eigenvalue weighted by Crippen LogP contribution is -2.27. The van der Waals surface area contributed by atoms with Crippen molar-refractivity contribution in [1.82, 2.24) is 14.7 Å². The van der Waals surface area contributed by atoms with Crippen LogP contribution in [0, 0.1) is 17.0 Å². The Balaban J connectivity index is 1.45. The minimum Gasteiger partial charge on any atom is -0.311 e. The van der Waals surface area contributed by atoms with Gasteiger partial charge in [-0.1, -0.05) is 24.8 Å². The van der Waals surface area contributed by atoms with Gasteiger partial charge in [0, 0.05) is 48.0 Å². The first-order chi connectivity index (χ1) is 14.8. The summed E-state index contributed by atoms with van der Waals surface area (Å²) in [6.45, 7) is 5.95. The van der Waals surface area contributed by atoms with Crippen molar-refractivity contribution in [2.24, 2.45) is 0 Å². The number of fused-ring (bicyclic) bond motifs is 1.